The van der Waals surface area contributed by atoms with Gasteiger partial charge in [0.25, 0.3) is 0 Å². The van der Waals surface area contributed by atoms with E-state index in [4.69, 9.17) is 0 Å². The Kier molecular flexibility index (Phi) is 3.00. The minimum atomic E-state index is 0.523. The molecule has 0 spiro atoms. The first-order valence-electron chi connectivity index (χ1n) is 6.54. The summed E-state index contributed by atoms with van der Waals surface area (Å²) in [6.45, 7) is 2.24. The lowest BCUT2D eigenvalue weighted by Gasteiger charge is -2.14. The maximum absolute atomic E-state index is 4.41. The molecule has 1 aliphatic carbocycles. The highest BCUT2D eigenvalue weighted by atomic mass is 15.3. The molecule has 2 heterocycles. The van der Waals surface area contributed by atoms with Gasteiger partial charge in [0, 0.05) is 18.4 Å². The fraction of sp³-hybridized carbons (Fsp3) is 0.429. The first-order chi connectivity index (χ1) is 8.81. The Labute approximate surface area is 107 Å². The van der Waals surface area contributed by atoms with Gasteiger partial charge in [0.15, 0.2) is 5.82 Å². The fourth-order valence-electron chi connectivity index (χ4n) is 2.21. The molecule has 1 fully saturated rings. The van der Waals surface area contributed by atoms with E-state index < -0.39 is 0 Å². The second-order valence-corrected chi connectivity index (χ2v) is 5.08. The van der Waals surface area contributed by atoms with Crippen LogP contribution in [-0.2, 0) is 0 Å². The van der Waals surface area contributed by atoms with Crippen molar-refractivity contribution in [2.24, 2.45) is 5.92 Å². The maximum atomic E-state index is 4.41. The summed E-state index contributed by atoms with van der Waals surface area (Å²) in [7, 11) is 0. The van der Waals surface area contributed by atoms with E-state index in [1.807, 2.05) is 24.5 Å². The summed E-state index contributed by atoms with van der Waals surface area (Å²) in [6.07, 6.45) is 9.60. The topological polar surface area (TPSA) is 42.7 Å². The van der Waals surface area contributed by atoms with Gasteiger partial charge >= 0.3 is 0 Å². The molecule has 1 aliphatic rings. The molecule has 1 unspecified atom stereocenters. The molecule has 0 saturated heterocycles. The van der Waals surface area contributed by atoms with Crippen LogP contribution in [0.1, 0.15) is 26.2 Å². The Hall–Kier alpha value is -1.84. The van der Waals surface area contributed by atoms with Gasteiger partial charge in [-0.3, -0.25) is 0 Å². The first kappa shape index (κ1) is 11.3. The molecule has 4 nitrogen and oxygen atoms in total. The lowest BCUT2D eigenvalue weighted by molar-refractivity contribution is 0.642. The number of nitrogens with one attached hydrogen (secondary N) is 1. The van der Waals surface area contributed by atoms with Gasteiger partial charge in [-0.25, -0.2) is 9.67 Å². The molecule has 1 atom stereocenters. The zero-order valence-electron chi connectivity index (χ0n) is 10.6. The van der Waals surface area contributed by atoms with Gasteiger partial charge in [-0.2, -0.15) is 5.10 Å². The normalized spacial score (nSPS) is 16.5. The van der Waals surface area contributed by atoms with Crippen molar-refractivity contribution in [1.82, 2.24) is 14.8 Å². The summed E-state index contributed by atoms with van der Waals surface area (Å²) in [5, 5.41) is 7.65. The second kappa shape index (κ2) is 4.80. The predicted octanol–water partition coefficient (Wildman–Crippen LogP) is 2.87. The molecule has 4 heteroatoms. The second-order valence-electron chi connectivity index (χ2n) is 5.08. The van der Waals surface area contributed by atoms with Crippen LogP contribution in [0.5, 0.6) is 0 Å². The highest BCUT2D eigenvalue weighted by molar-refractivity contribution is 5.44. The molecule has 0 aliphatic heterocycles. The zero-order valence-corrected chi connectivity index (χ0v) is 10.6. The van der Waals surface area contributed by atoms with Crippen molar-refractivity contribution in [3.8, 4) is 5.82 Å². The van der Waals surface area contributed by atoms with Crippen LogP contribution in [0.25, 0.3) is 5.82 Å². The molecular weight excluding hydrogens is 224 g/mol. The Morgan fingerprint density at radius 3 is 2.94 bits per heavy atom. The minimum Gasteiger partial charge on any atom is -0.381 e. The molecule has 1 N–H and O–H groups in total. The number of hydrogen-bond acceptors (Lipinski definition) is 3. The molecule has 2 aromatic heterocycles. The number of rotatable bonds is 5. The van der Waals surface area contributed by atoms with Gasteiger partial charge in [-0.1, -0.05) is 12.8 Å². The lowest BCUT2D eigenvalue weighted by Crippen LogP contribution is -2.15. The SMILES string of the molecule is CC(CC1CC1)Nc1ccc(-n2cccn2)nc1. The Balaban J connectivity index is 1.63. The van der Waals surface area contributed by atoms with Gasteiger partial charge in [-0.15, -0.1) is 0 Å². The van der Waals surface area contributed by atoms with Crippen molar-refractivity contribution in [3.05, 3.63) is 36.8 Å². The number of hydrogen-bond donors (Lipinski definition) is 1. The fourth-order valence-corrected chi connectivity index (χ4v) is 2.21. The van der Waals surface area contributed by atoms with Crippen LogP contribution in [0.3, 0.4) is 0 Å². The van der Waals surface area contributed by atoms with Crippen LogP contribution < -0.4 is 5.32 Å². The summed E-state index contributed by atoms with van der Waals surface area (Å²) in [5.74, 6) is 1.80. The van der Waals surface area contributed by atoms with Crippen molar-refractivity contribution in [3.63, 3.8) is 0 Å². The van der Waals surface area contributed by atoms with E-state index in [9.17, 15) is 0 Å². The van der Waals surface area contributed by atoms with Gasteiger partial charge in [0.1, 0.15) is 0 Å². The Morgan fingerprint density at radius 2 is 2.33 bits per heavy atom. The maximum Gasteiger partial charge on any atom is 0.153 e. The smallest absolute Gasteiger partial charge is 0.153 e. The molecule has 0 radical (unpaired) electrons. The van der Waals surface area contributed by atoms with Crippen LogP contribution in [-0.4, -0.2) is 20.8 Å². The standard InChI is InChI=1S/C14H18N4/c1-11(9-12-3-4-12)17-13-5-6-14(15-10-13)18-8-2-7-16-18/h2,5-8,10-12,17H,3-4,9H2,1H3. The molecule has 94 valence electrons. The highest BCUT2D eigenvalue weighted by Gasteiger charge is 2.23. The Morgan fingerprint density at radius 1 is 1.44 bits per heavy atom. The van der Waals surface area contributed by atoms with E-state index in [1.54, 1.807) is 10.9 Å². The molecular formula is C14H18N4. The van der Waals surface area contributed by atoms with E-state index in [1.165, 1.54) is 19.3 Å². The van der Waals surface area contributed by atoms with E-state index >= 15 is 0 Å². The van der Waals surface area contributed by atoms with Crippen LogP contribution in [0.4, 0.5) is 5.69 Å². The van der Waals surface area contributed by atoms with E-state index in [-0.39, 0.29) is 0 Å². The third-order valence-electron chi connectivity index (χ3n) is 3.28. The van der Waals surface area contributed by atoms with Gasteiger partial charge < -0.3 is 5.32 Å². The van der Waals surface area contributed by atoms with Crippen molar-refractivity contribution >= 4 is 5.69 Å². The summed E-state index contributed by atoms with van der Waals surface area (Å²) < 4.78 is 1.76. The van der Waals surface area contributed by atoms with Crippen molar-refractivity contribution in [1.29, 1.82) is 0 Å². The number of nitrogens with zero attached hydrogens (tertiary/aromatic N) is 3. The third kappa shape index (κ3) is 2.70. The summed E-state index contributed by atoms with van der Waals surface area (Å²) in [5.41, 5.74) is 1.08. The molecule has 0 amide bonds. The summed E-state index contributed by atoms with van der Waals surface area (Å²) >= 11 is 0. The predicted molar refractivity (Wildman–Crippen MR) is 71.8 cm³/mol. The van der Waals surface area contributed by atoms with Crippen molar-refractivity contribution < 1.29 is 0 Å². The Bertz CT molecular complexity index is 485. The van der Waals surface area contributed by atoms with Crippen LogP contribution in [0.2, 0.25) is 0 Å². The molecule has 0 bridgehead atoms. The molecule has 0 aromatic carbocycles. The quantitative estimate of drug-likeness (QED) is 0.876. The van der Waals surface area contributed by atoms with Gasteiger partial charge in [0.05, 0.1) is 11.9 Å². The van der Waals surface area contributed by atoms with Gasteiger partial charge in [-0.05, 0) is 37.5 Å². The number of pyridine rings is 1. The summed E-state index contributed by atoms with van der Waals surface area (Å²) in [6, 6.07) is 6.47. The van der Waals surface area contributed by atoms with Crippen LogP contribution >= 0.6 is 0 Å². The van der Waals surface area contributed by atoms with Crippen LogP contribution in [0, 0.1) is 5.92 Å². The van der Waals surface area contributed by atoms with Gasteiger partial charge in [0.2, 0.25) is 0 Å². The summed E-state index contributed by atoms with van der Waals surface area (Å²) in [4.78, 5) is 4.41. The largest absolute Gasteiger partial charge is 0.381 e. The van der Waals surface area contributed by atoms with E-state index in [0.717, 1.165) is 17.4 Å². The van der Waals surface area contributed by atoms with E-state index in [0.29, 0.717) is 6.04 Å². The third-order valence-corrected chi connectivity index (χ3v) is 3.28. The minimum absolute atomic E-state index is 0.523. The highest BCUT2D eigenvalue weighted by Crippen LogP contribution is 2.34. The lowest BCUT2D eigenvalue weighted by atomic mass is 10.1. The molecule has 3 rings (SSSR count). The number of aromatic nitrogens is 3. The number of anilines is 1. The zero-order chi connectivity index (χ0) is 12.4. The average Bonchev–Trinajstić information content (AvgIpc) is 3.01. The monoisotopic (exact) mass is 242 g/mol. The molecule has 1 saturated carbocycles. The van der Waals surface area contributed by atoms with Crippen LogP contribution in [0.15, 0.2) is 36.8 Å². The van der Waals surface area contributed by atoms with E-state index in [2.05, 4.69) is 28.4 Å². The molecule has 2 aromatic rings. The average molecular weight is 242 g/mol. The first-order valence-corrected chi connectivity index (χ1v) is 6.54. The molecule has 18 heavy (non-hydrogen) atoms. The van der Waals surface area contributed by atoms with Crippen molar-refractivity contribution in [2.45, 2.75) is 32.2 Å². The van der Waals surface area contributed by atoms with Crippen molar-refractivity contribution in [2.75, 3.05) is 5.32 Å².